The normalized spacial score (nSPS) is 11.3. The molecular formula is C17H12ClNO2. The molecule has 0 N–H and O–H groups in total. The third-order valence-corrected chi connectivity index (χ3v) is 3.43. The molecule has 0 aliphatic heterocycles. The Balaban J connectivity index is 1.96. The Bertz CT molecular complexity index is 835. The van der Waals surface area contributed by atoms with Crippen LogP contribution >= 0.6 is 11.6 Å². The van der Waals surface area contributed by atoms with Crippen molar-refractivity contribution in [2.24, 2.45) is 0 Å². The number of furan rings is 1. The number of rotatable bonds is 3. The zero-order chi connectivity index (χ0) is 14.8. The second kappa shape index (κ2) is 5.54. The van der Waals surface area contributed by atoms with Crippen molar-refractivity contribution in [3.8, 4) is 0 Å². The summed E-state index contributed by atoms with van der Waals surface area (Å²) in [7, 11) is 0. The first-order valence-electron chi connectivity index (χ1n) is 6.46. The summed E-state index contributed by atoms with van der Waals surface area (Å²) in [6.45, 7) is 2.02. The van der Waals surface area contributed by atoms with E-state index in [4.69, 9.17) is 16.0 Å². The van der Waals surface area contributed by atoms with Gasteiger partial charge in [0.25, 0.3) is 0 Å². The van der Waals surface area contributed by atoms with E-state index in [0.717, 1.165) is 16.5 Å². The number of carbonyl (C=O) groups is 1. The van der Waals surface area contributed by atoms with Gasteiger partial charge >= 0.3 is 0 Å². The van der Waals surface area contributed by atoms with Crippen LogP contribution in [0.1, 0.15) is 21.7 Å². The molecule has 0 bridgehead atoms. The fourth-order valence-corrected chi connectivity index (χ4v) is 2.28. The Labute approximate surface area is 126 Å². The SMILES string of the molecule is Cc1ccc2nc(Cl)c(/C=C/C(=O)c3ccco3)cc2c1. The Hall–Kier alpha value is -2.39. The van der Waals surface area contributed by atoms with E-state index >= 15 is 0 Å². The van der Waals surface area contributed by atoms with Gasteiger partial charge in [0, 0.05) is 10.9 Å². The predicted octanol–water partition coefficient (Wildman–Crippen LogP) is 4.69. The number of halogens is 1. The summed E-state index contributed by atoms with van der Waals surface area (Å²) < 4.78 is 5.05. The van der Waals surface area contributed by atoms with Crippen LogP contribution in [0.15, 0.2) is 53.2 Å². The number of pyridine rings is 1. The molecule has 0 aliphatic rings. The fraction of sp³-hybridized carbons (Fsp3) is 0.0588. The highest BCUT2D eigenvalue weighted by atomic mass is 35.5. The van der Waals surface area contributed by atoms with Gasteiger partial charge in [-0.15, -0.1) is 0 Å². The summed E-state index contributed by atoms with van der Waals surface area (Å²) in [6.07, 6.45) is 4.56. The van der Waals surface area contributed by atoms with Crippen LogP contribution in [0, 0.1) is 6.92 Å². The van der Waals surface area contributed by atoms with Crippen molar-refractivity contribution >= 4 is 34.4 Å². The van der Waals surface area contributed by atoms with Crippen molar-refractivity contribution in [3.05, 3.63) is 70.8 Å². The predicted molar refractivity (Wildman–Crippen MR) is 83.6 cm³/mol. The van der Waals surface area contributed by atoms with Crippen molar-refractivity contribution in [1.29, 1.82) is 0 Å². The standard InChI is InChI=1S/C17H12ClNO2/c1-11-4-6-14-13(9-11)10-12(17(18)19-14)5-7-15(20)16-3-2-8-21-16/h2-10H,1H3/b7-5+. The highest BCUT2D eigenvalue weighted by Crippen LogP contribution is 2.22. The van der Waals surface area contributed by atoms with Crippen LogP contribution < -0.4 is 0 Å². The Morgan fingerprint density at radius 3 is 2.90 bits per heavy atom. The summed E-state index contributed by atoms with van der Waals surface area (Å²) >= 11 is 6.15. The summed E-state index contributed by atoms with van der Waals surface area (Å²) in [5, 5.41) is 1.36. The Kier molecular flexibility index (Phi) is 3.59. The van der Waals surface area contributed by atoms with E-state index < -0.39 is 0 Å². The number of aromatic nitrogens is 1. The average molecular weight is 298 g/mol. The highest BCUT2D eigenvalue weighted by Gasteiger charge is 2.06. The maximum absolute atomic E-state index is 11.9. The molecule has 0 amide bonds. The van der Waals surface area contributed by atoms with Gasteiger partial charge in [-0.25, -0.2) is 4.98 Å². The molecule has 21 heavy (non-hydrogen) atoms. The molecule has 2 aromatic heterocycles. The number of ketones is 1. The molecule has 0 spiro atoms. The van der Waals surface area contributed by atoms with E-state index in [-0.39, 0.29) is 5.78 Å². The quantitative estimate of drug-likeness (QED) is 0.400. The van der Waals surface area contributed by atoms with Gasteiger partial charge in [0.1, 0.15) is 5.15 Å². The van der Waals surface area contributed by atoms with Crippen LogP contribution in [0.3, 0.4) is 0 Å². The summed E-state index contributed by atoms with van der Waals surface area (Å²) in [4.78, 5) is 16.2. The van der Waals surface area contributed by atoms with Gasteiger partial charge in [0.05, 0.1) is 11.8 Å². The fourth-order valence-electron chi connectivity index (χ4n) is 2.07. The van der Waals surface area contributed by atoms with Gasteiger partial charge < -0.3 is 4.42 Å². The molecule has 0 radical (unpaired) electrons. The number of aryl methyl sites for hydroxylation is 1. The lowest BCUT2D eigenvalue weighted by Gasteiger charge is -2.03. The minimum absolute atomic E-state index is 0.208. The topological polar surface area (TPSA) is 43.1 Å². The molecule has 3 nitrogen and oxygen atoms in total. The molecular weight excluding hydrogens is 286 g/mol. The van der Waals surface area contributed by atoms with Crippen LogP contribution in [0.5, 0.6) is 0 Å². The molecule has 0 unspecified atom stereocenters. The molecule has 0 saturated carbocycles. The lowest BCUT2D eigenvalue weighted by atomic mass is 10.1. The third-order valence-electron chi connectivity index (χ3n) is 3.13. The van der Waals surface area contributed by atoms with Crippen LogP contribution in [0.2, 0.25) is 5.15 Å². The van der Waals surface area contributed by atoms with Crippen molar-refractivity contribution in [1.82, 2.24) is 4.98 Å². The lowest BCUT2D eigenvalue weighted by Crippen LogP contribution is -1.91. The number of benzene rings is 1. The van der Waals surface area contributed by atoms with Gasteiger partial charge in [0.15, 0.2) is 5.76 Å². The molecule has 0 saturated heterocycles. The van der Waals surface area contributed by atoms with Crippen molar-refractivity contribution in [2.75, 3.05) is 0 Å². The van der Waals surface area contributed by atoms with Crippen molar-refractivity contribution < 1.29 is 9.21 Å². The lowest BCUT2D eigenvalue weighted by molar-refractivity contribution is 0.102. The van der Waals surface area contributed by atoms with Crippen molar-refractivity contribution in [2.45, 2.75) is 6.92 Å². The van der Waals surface area contributed by atoms with E-state index in [9.17, 15) is 4.79 Å². The first-order chi connectivity index (χ1) is 10.1. The zero-order valence-corrected chi connectivity index (χ0v) is 12.1. The monoisotopic (exact) mass is 297 g/mol. The minimum atomic E-state index is -0.208. The van der Waals surface area contributed by atoms with E-state index in [1.807, 2.05) is 31.2 Å². The molecule has 0 atom stereocenters. The van der Waals surface area contributed by atoms with E-state index in [2.05, 4.69) is 4.98 Å². The molecule has 0 fully saturated rings. The molecule has 1 aromatic carbocycles. The molecule has 3 aromatic rings. The molecule has 4 heteroatoms. The molecule has 2 heterocycles. The van der Waals surface area contributed by atoms with Crippen LogP contribution in [-0.4, -0.2) is 10.8 Å². The van der Waals surface area contributed by atoms with Crippen LogP contribution in [0.25, 0.3) is 17.0 Å². The maximum Gasteiger partial charge on any atom is 0.221 e. The maximum atomic E-state index is 11.9. The van der Waals surface area contributed by atoms with E-state index in [0.29, 0.717) is 16.5 Å². The van der Waals surface area contributed by atoms with E-state index in [1.54, 1.807) is 18.2 Å². The number of hydrogen-bond acceptors (Lipinski definition) is 3. The largest absolute Gasteiger partial charge is 0.461 e. The number of carbonyl (C=O) groups excluding carboxylic acids is 1. The Morgan fingerprint density at radius 2 is 2.14 bits per heavy atom. The van der Waals surface area contributed by atoms with Crippen LogP contribution in [-0.2, 0) is 0 Å². The number of nitrogens with zero attached hydrogens (tertiary/aromatic N) is 1. The number of hydrogen-bond donors (Lipinski definition) is 0. The smallest absolute Gasteiger partial charge is 0.221 e. The van der Waals surface area contributed by atoms with Crippen LogP contribution in [0.4, 0.5) is 0 Å². The summed E-state index contributed by atoms with van der Waals surface area (Å²) in [5.41, 5.74) is 2.68. The highest BCUT2D eigenvalue weighted by molar-refractivity contribution is 6.31. The summed E-state index contributed by atoms with van der Waals surface area (Å²) in [6, 6.07) is 11.2. The minimum Gasteiger partial charge on any atom is -0.461 e. The third kappa shape index (κ3) is 2.88. The van der Waals surface area contributed by atoms with Gasteiger partial charge in [-0.3, -0.25) is 4.79 Å². The van der Waals surface area contributed by atoms with E-state index in [1.165, 1.54) is 12.3 Å². The van der Waals surface area contributed by atoms with Gasteiger partial charge in [-0.2, -0.15) is 0 Å². The van der Waals surface area contributed by atoms with Gasteiger partial charge in [-0.05, 0) is 49.4 Å². The molecule has 3 rings (SSSR count). The number of fused-ring (bicyclic) bond motifs is 1. The van der Waals surface area contributed by atoms with Gasteiger partial charge in [0.2, 0.25) is 5.78 Å². The second-order valence-corrected chi connectivity index (χ2v) is 5.10. The first kappa shape index (κ1) is 13.6. The summed E-state index contributed by atoms with van der Waals surface area (Å²) in [5.74, 6) is 0.0902. The first-order valence-corrected chi connectivity index (χ1v) is 6.84. The van der Waals surface area contributed by atoms with Gasteiger partial charge in [-0.1, -0.05) is 23.2 Å². The second-order valence-electron chi connectivity index (χ2n) is 4.74. The molecule has 104 valence electrons. The average Bonchev–Trinajstić information content (AvgIpc) is 2.99. The Morgan fingerprint density at radius 1 is 1.29 bits per heavy atom. The van der Waals surface area contributed by atoms with Crippen molar-refractivity contribution in [3.63, 3.8) is 0 Å². The zero-order valence-electron chi connectivity index (χ0n) is 11.3. The number of allylic oxidation sites excluding steroid dienone is 1. The molecule has 0 aliphatic carbocycles.